The van der Waals surface area contributed by atoms with Crippen molar-refractivity contribution < 1.29 is 9.84 Å². The fourth-order valence-electron chi connectivity index (χ4n) is 3.27. The Morgan fingerprint density at radius 2 is 2.09 bits per heavy atom. The summed E-state index contributed by atoms with van der Waals surface area (Å²) in [5, 5.41) is 23.7. The molecule has 14 nitrogen and oxygen atoms in total. The van der Waals surface area contributed by atoms with E-state index in [1.807, 2.05) is 18.2 Å². The Bertz CT molecular complexity index is 1270. The van der Waals surface area contributed by atoms with Crippen LogP contribution in [0.1, 0.15) is 23.1 Å². The first-order valence-electron chi connectivity index (χ1n) is 9.83. The first kappa shape index (κ1) is 23.4. The Labute approximate surface area is 187 Å². The van der Waals surface area contributed by atoms with Crippen LogP contribution in [0.3, 0.4) is 0 Å². The van der Waals surface area contributed by atoms with Gasteiger partial charge >= 0.3 is 0 Å². The van der Waals surface area contributed by atoms with E-state index in [9.17, 15) is 4.79 Å². The van der Waals surface area contributed by atoms with E-state index in [0.29, 0.717) is 5.65 Å². The Morgan fingerprint density at radius 1 is 1.30 bits per heavy atom. The summed E-state index contributed by atoms with van der Waals surface area (Å²) in [5.74, 6) is 0.0417. The van der Waals surface area contributed by atoms with Gasteiger partial charge in [0.2, 0.25) is 11.9 Å². The predicted molar refractivity (Wildman–Crippen MR) is 124 cm³/mol. The van der Waals surface area contributed by atoms with Gasteiger partial charge in [-0.2, -0.15) is 10.1 Å². The van der Waals surface area contributed by atoms with E-state index >= 15 is 0 Å². The van der Waals surface area contributed by atoms with E-state index in [2.05, 4.69) is 25.2 Å². The molecule has 2 heterocycles. The van der Waals surface area contributed by atoms with Crippen molar-refractivity contribution in [3.05, 3.63) is 51.6 Å². The average Bonchev–Trinajstić information content (AvgIpc) is 3.37. The first-order chi connectivity index (χ1) is 15.8. The lowest BCUT2D eigenvalue weighted by Gasteiger charge is -2.05. The van der Waals surface area contributed by atoms with Gasteiger partial charge < -0.3 is 32.8 Å². The van der Waals surface area contributed by atoms with Crippen LogP contribution in [0.15, 0.2) is 39.5 Å². The molecule has 1 aliphatic carbocycles. The Kier molecular flexibility index (Phi) is 7.32. The van der Waals surface area contributed by atoms with Crippen molar-refractivity contribution in [3.63, 3.8) is 0 Å². The minimum atomic E-state index is -0.386. The van der Waals surface area contributed by atoms with E-state index in [4.69, 9.17) is 38.2 Å². The number of rotatable bonds is 6. The molecule has 1 aromatic carbocycles. The standard InChI is InChI=1S/C11H14N6.C8H11N5O3/c12-10(13)8-3-1-2-7-6(8)4-5-9(7)16-17-11(14)15;9-8-11-6-5(7(15)12-8)10-3-13(6)4-16-2-1-14/h1-3H,4-5H2,(H3,12,13)(H4,14,15,17);3,14H,1-2,4H2,(H3,9,11,12,15)/b16-9+;. The third-order valence-corrected chi connectivity index (χ3v) is 4.63. The van der Waals surface area contributed by atoms with Crippen LogP contribution in [-0.4, -0.2) is 55.3 Å². The van der Waals surface area contributed by atoms with Crippen LogP contribution in [-0.2, 0) is 17.9 Å². The van der Waals surface area contributed by atoms with Crippen LogP contribution in [0.2, 0.25) is 0 Å². The molecule has 14 heteroatoms. The number of benzene rings is 1. The van der Waals surface area contributed by atoms with Crippen LogP contribution >= 0.6 is 0 Å². The number of imidazole rings is 1. The van der Waals surface area contributed by atoms with Crippen molar-refractivity contribution in [3.8, 4) is 0 Å². The normalized spacial score (nSPS) is 13.4. The lowest BCUT2D eigenvalue weighted by molar-refractivity contribution is 0.0499. The molecule has 33 heavy (non-hydrogen) atoms. The van der Waals surface area contributed by atoms with Gasteiger partial charge in [0.05, 0.1) is 25.3 Å². The molecule has 3 aromatic rings. The number of nitrogens with zero attached hydrogens (tertiary/aromatic N) is 5. The highest BCUT2D eigenvalue weighted by molar-refractivity contribution is 6.08. The topological polar surface area (TPSA) is 246 Å². The molecule has 0 fully saturated rings. The van der Waals surface area contributed by atoms with Crippen LogP contribution in [0, 0.1) is 5.41 Å². The minimum absolute atomic E-state index is 0.0291. The van der Waals surface area contributed by atoms with Crippen molar-refractivity contribution in [2.24, 2.45) is 27.4 Å². The SMILES string of the molecule is N=C(N)c1cccc2c1CC/C2=N\N=C(N)N.Nc1nc2c(ncn2COCCO)c(=O)[nH]1. The molecule has 174 valence electrons. The van der Waals surface area contributed by atoms with E-state index in [1.54, 1.807) is 0 Å². The molecular formula is C19H25N11O3. The summed E-state index contributed by atoms with van der Waals surface area (Å²) >= 11 is 0. The lowest BCUT2D eigenvalue weighted by Crippen LogP contribution is -2.22. The predicted octanol–water partition coefficient (Wildman–Crippen LogP) is -1.44. The Hall–Kier alpha value is -4.30. The van der Waals surface area contributed by atoms with Crippen molar-refractivity contribution >= 4 is 34.6 Å². The number of aromatic nitrogens is 4. The monoisotopic (exact) mass is 455 g/mol. The van der Waals surface area contributed by atoms with E-state index in [-0.39, 0.29) is 48.8 Å². The molecule has 0 unspecified atom stereocenters. The Morgan fingerprint density at radius 3 is 2.79 bits per heavy atom. The number of amidine groups is 1. The van der Waals surface area contributed by atoms with Gasteiger partial charge in [-0.3, -0.25) is 19.8 Å². The van der Waals surface area contributed by atoms with Gasteiger partial charge in [-0.1, -0.05) is 18.2 Å². The zero-order valence-electron chi connectivity index (χ0n) is 17.7. The maximum Gasteiger partial charge on any atom is 0.280 e. The molecule has 0 saturated carbocycles. The number of H-pyrrole nitrogens is 1. The average molecular weight is 455 g/mol. The van der Waals surface area contributed by atoms with Gasteiger partial charge in [-0.15, -0.1) is 5.10 Å². The summed E-state index contributed by atoms with van der Waals surface area (Å²) in [6.07, 6.45) is 3.00. The number of guanidine groups is 1. The van der Waals surface area contributed by atoms with E-state index in [1.165, 1.54) is 10.9 Å². The molecule has 11 N–H and O–H groups in total. The highest BCUT2D eigenvalue weighted by Gasteiger charge is 2.21. The maximum atomic E-state index is 11.4. The molecular weight excluding hydrogens is 430 g/mol. The molecule has 0 bridgehead atoms. The van der Waals surface area contributed by atoms with E-state index in [0.717, 1.165) is 35.2 Å². The second-order valence-electron chi connectivity index (χ2n) is 6.92. The third kappa shape index (κ3) is 5.50. The quantitative estimate of drug-likeness (QED) is 0.0993. The number of hydrogen-bond acceptors (Lipinski definition) is 9. The highest BCUT2D eigenvalue weighted by Crippen LogP contribution is 2.25. The molecule has 0 atom stereocenters. The Balaban J connectivity index is 0.000000186. The van der Waals surface area contributed by atoms with Gasteiger partial charge in [0, 0.05) is 11.1 Å². The summed E-state index contributed by atoms with van der Waals surface area (Å²) in [5.41, 5.74) is 25.2. The first-order valence-corrected chi connectivity index (χ1v) is 9.83. The second kappa shape index (κ2) is 10.3. The number of hydrogen-bond donors (Lipinski definition) is 7. The van der Waals surface area contributed by atoms with Gasteiger partial charge in [0.15, 0.2) is 11.2 Å². The van der Waals surface area contributed by atoms with Crippen LogP contribution < -0.4 is 28.5 Å². The van der Waals surface area contributed by atoms with Crippen LogP contribution in [0.5, 0.6) is 0 Å². The molecule has 4 rings (SSSR count). The molecule has 0 radical (unpaired) electrons. The number of fused-ring (bicyclic) bond motifs is 2. The zero-order valence-corrected chi connectivity index (χ0v) is 17.7. The number of aliphatic hydroxyl groups excluding tert-OH is 1. The number of ether oxygens (including phenoxy) is 1. The van der Waals surface area contributed by atoms with Gasteiger partial charge in [-0.25, -0.2) is 4.98 Å². The number of nitrogens with one attached hydrogen (secondary N) is 2. The van der Waals surface area contributed by atoms with Crippen LogP contribution in [0.25, 0.3) is 11.2 Å². The summed E-state index contributed by atoms with van der Waals surface area (Å²) in [6.45, 7) is 0.300. The molecule has 0 spiro atoms. The minimum Gasteiger partial charge on any atom is -0.394 e. The molecule has 0 amide bonds. The molecule has 0 aliphatic heterocycles. The summed E-state index contributed by atoms with van der Waals surface area (Å²) < 4.78 is 6.63. The number of anilines is 1. The molecule has 1 aliphatic rings. The van der Waals surface area contributed by atoms with Crippen molar-refractivity contribution in [1.29, 1.82) is 5.41 Å². The second-order valence-corrected chi connectivity index (χ2v) is 6.92. The summed E-state index contributed by atoms with van der Waals surface area (Å²) in [4.78, 5) is 21.6. The van der Waals surface area contributed by atoms with Gasteiger partial charge in [-0.05, 0) is 18.4 Å². The molecule has 0 saturated heterocycles. The van der Waals surface area contributed by atoms with Crippen molar-refractivity contribution in [2.45, 2.75) is 19.6 Å². The number of nitrogens with two attached hydrogens (primary N) is 4. The van der Waals surface area contributed by atoms with E-state index < -0.39 is 0 Å². The fourth-order valence-corrected chi connectivity index (χ4v) is 3.27. The fraction of sp³-hybridized carbons (Fsp3) is 0.263. The smallest absolute Gasteiger partial charge is 0.280 e. The van der Waals surface area contributed by atoms with Crippen molar-refractivity contribution in [1.82, 2.24) is 19.5 Å². The largest absolute Gasteiger partial charge is 0.394 e. The van der Waals surface area contributed by atoms with Crippen LogP contribution in [0.4, 0.5) is 5.95 Å². The zero-order chi connectivity index (χ0) is 24.0. The van der Waals surface area contributed by atoms with Gasteiger partial charge in [0.25, 0.3) is 5.56 Å². The maximum absolute atomic E-state index is 11.4. The number of aliphatic hydroxyl groups is 1. The van der Waals surface area contributed by atoms with Gasteiger partial charge in [0.1, 0.15) is 12.6 Å². The lowest BCUT2D eigenvalue weighted by atomic mass is 10.0. The number of aromatic amines is 1. The van der Waals surface area contributed by atoms with Crippen molar-refractivity contribution in [2.75, 3.05) is 18.9 Å². The summed E-state index contributed by atoms with van der Waals surface area (Å²) in [7, 11) is 0. The number of nitrogen functional groups attached to an aromatic ring is 2. The molecule has 2 aromatic heterocycles. The third-order valence-electron chi connectivity index (χ3n) is 4.63. The highest BCUT2D eigenvalue weighted by atomic mass is 16.5. The summed E-state index contributed by atoms with van der Waals surface area (Å²) in [6, 6.07) is 5.63.